The second kappa shape index (κ2) is 10.7. The van der Waals surface area contributed by atoms with Gasteiger partial charge in [-0.05, 0) is 47.6 Å². The van der Waals surface area contributed by atoms with Crippen LogP contribution in [0.1, 0.15) is 28.7 Å². The molecule has 0 saturated heterocycles. The summed E-state index contributed by atoms with van der Waals surface area (Å²) in [5.74, 6) is 1.11. The number of carbonyl (C=O) groups is 1. The van der Waals surface area contributed by atoms with Crippen LogP contribution in [0.4, 0.5) is 5.82 Å². The van der Waals surface area contributed by atoms with Crippen LogP contribution in [0.25, 0.3) is 5.82 Å². The molecule has 2 aromatic carbocycles. The van der Waals surface area contributed by atoms with E-state index in [-0.39, 0.29) is 17.3 Å². The fourth-order valence-corrected chi connectivity index (χ4v) is 4.01. The highest BCUT2D eigenvalue weighted by Crippen LogP contribution is 2.28. The van der Waals surface area contributed by atoms with Crippen LogP contribution in [0, 0.1) is 0 Å². The average Bonchev–Trinajstić information content (AvgIpc) is 3.51. The highest BCUT2D eigenvalue weighted by Gasteiger charge is 2.24. The molecule has 0 radical (unpaired) electrons. The smallest absolute Gasteiger partial charge is 0.293 e. The maximum absolute atomic E-state index is 13.0. The molecule has 0 spiro atoms. The minimum absolute atomic E-state index is 0.0233. The maximum atomic E-state index is 13.0. The number of rotatable bonds is 9. The number of nitrogens with two attached hydrogens (primary N) is 1. The van der Waals surface area contributed by atoms with E-state index in [4.69, 9.17) is 15.2 Å². The molecule has 4 rings (SSSR count). The van der Waals surface area contributed by atoms with Crippen molar-refractivity contribution >= 4 is 29.2 Å². The molecule has 0 bridgehead atoms. The Kier molecular flexibility index (Phi) is 7.26. The first-order valence-electron chi connectivity index (χ1n) is 10.3. The van der Waals surface area contributed by atoms with Crippen molar-refractivity contribution in [2.45, 2.75) is 17.6 Å². The SMILES string of the molecule is COc1ccc(/C(C)=N\NC(=O)c2nnn(-c3nonc3N)c2CSc2ccccc2)cc1OC. The summed E-state index contributed by atoms with van der Waals surface area (Å²) in [6, 6.07) is 15.0. The number of ether oxygens (including phenoxy) is 2. The Balaban J connectivity index is 1.59. The lowest BCUT2D eigenvalue weighted by molar-refractivity contribution is 0.0949. The van der Waals surface area contributed by atoms with Crippen LogP contribution in [0.5, 0.6) is 11.5 Å². The Labute approximate surface area is 204 Å². The summed E-state index contributed by atoms with van der Waals surface area (Å²) in [6.45, 7) is 1.76. The molecule has 2 heterocycles. The topological polar surface area (TPSA) is 156 Å². The fraction of sp³-hybridized carbons (Fsp3) is 0.182. The van der Waals surface area contributed by atoms with Crippen LogP contribution in [0.2, 0.25) is 0 Å². The number of aromatic nitrogens is 5. The molecule has 0 aliphatic heterocycles. The molecule has 0 unspecified atom stereocenters. The van der Waals surface area contributed by atoms with Crippen molar-refractivity contribution in [3.8, 4) is 17.3 Å². The Morgan fingerprint density at radius 3 is 2.60 bits per heavy atom. The molecule has 1 amide bonds. The standard InChI is InChI=1S/C22H22N8O4S/c1-13(14-9-10-17(32-2)18(11-14)33-3)24-26-22(31)19-16(12-35-15-7-5-4-6-8-15)30(29-25-19)21-20(23)27-34-28-21/h4-11H,12H2,1-3H3,(H2,23,27)(H,26,31)/b24-13-. The van der Waals surface area contributed by atoms with E-state index in [1.165, 1.54) is 16.4 Å². The summed E-state index contributed by atoms with van der Waals surface area (Å²) < 4.78 is 16.6. The Morgan fingerprint density at radius 1 is 1.14 bits per heavy atom. The first-order chi connectivity index (χ1) is 17.0. The summed E-state index contributed by atoms with van der Waals surface area (Å²) >= 11 is 1.49. The highest BCUT2D eigenvalue weighted by atomic mass is 32.2. The van der Waals surface area contributed by atoms with Gasteiger partial charge in [-0.25, -0.2) is 10.1 Å². The number of hydrazone groups is 1. The molecule has 3 N–H and O–H groups in total. The number of hydrogen-bond donors (Lipinski definition) is 2. The first kappa shape index (κ1) is 23.8. The number of methoxy groups -OCH3 is 2. The van der Waals surface area contributed by atoms with Crippen LogP contribution in [-0.2, 0) is 5.75 Å². The molecule has 0 atom stereocenters. The van der Waals surface area contributed by atoms with Gasteiger partial charge >= 0.3 is 0 Å². The van der Waals surface area contributed by atoms with Gasteiger partial charge in [0.05, 0.1) is 25.6 Å². The molecule has 2 aromatic heterocycles. The second-order valence-electron chi connectivity index (χ2n) is 7.08. The molecule has 0 fully saturated rings. The van der Waals surface area contributed by atoms with Crippen molar-refractivity contribution < 1.29 is 18.9 Å². The average molecular weight is 495 g/mol. The molecule has 0 aliphatic rings. The predicted octanol–water partition coefficient (Wildman–Crippen LogP) is 2.70. The highest BCUT2D eigenvalue weighted by molar-refractivity contribution is 7.98. The zero-order valence-corrected chi connectivity index (χ0v) is 19.9. The molecular weight excluding hydrogens is 472 g/mol. The van der Waals surface area contributed by atoms with Crippen molar-refractivity contribution in [1.82, 2.24) is 30.7 Å². The van der Waals surface area contributed by atoms with E-state index >= 15 is 0 Å². The quantitative estimate of drug-likeness (QED) is 0.201. The Morgan fingerprint density at radius 2 is 1.91 bits per heavy atom. The minimum atomic E-state index is -0.547. The third-order valence-electron chi connectivity index (χ3n) is 4.92. The van der Waals surface area contributed by atoms with Gasteiger partial charge in [-0.15, -0.1) is 16.9 Å². The summed E-state index contributed by atoms with van der Waals surface area (Å²) in [6.07, 6.45) is 0. The Hall–Kier alpha value is -4.39. The summed E-state index contributed by atoms with van der Waals surface area (Å²) in [4.78, 5) is 14.0. The molecule has 35 heavy (non-hydrogen) atoms. The van der Waals surface area contributed by atoms with Crippen molar-refractivity contribution in [3.05, 3.63) is 65.5 Å². The zero-order valence-electron chi connectivity index (χ0n) is 19.1. The van der Waals surface area contributed by atoms with E-state index < -0.39 is 5.91 Å². The molecule has 0 aliphatic carbocycles. The maximum Gasteiger partial charge on any atom is 0.293 e. The number of thioether (sulfide) groups is 1. The first-order valence-corrected chi connectivity index (χ1v) is 11.3. The monoisotopic (exact) mass is 494 g/mol. The van der Waals surface area contributed by atoms with Gasteiger partial charge in [0.25, 0.3) is 5.91 Å². The lowest BCUT2D eigenvalue weighted by atomic mass is 10.1. The number of nitrogen functional groups attached to an aromatic ring is 1. The molecule has 180 valence electrons. The van der Waals surface area contributed by atoms with Crippen LogP contribution >= 0.6 is 11.8 Å². The number of amides is 1. The van der Waals surface area contributed by atoms with Crippen LogP contribution in [-0.4, -0.2) is 51.1 Å². The normalized spacial score (nSPS) is 11.3. The van der Waals surface area contributed by atoms with Gasteiger partial charge < -0.3 is 15.2 Å². The van der Waals surface area contributed by atoms with E-state index in [1.807, 2.05) is 36.4 Å². The number of anilines is 1. The van der Waals surface area contributed by atoms with Crippen LogP contribution < -0.4 is 20.6 Å². The number of nitrogens with zero attached hydrogens (tertiary/aromatic N) is 6. The summed E-state index contributed by atoms with van der Waals surface area (Å²) in [5.41, 5.74) is 10.2. The van der Waals surface area contributed by atoms with E-state index in [0.717, 1.165) is 10.5 Å². The number of hydrogen-bond acceptors (Lipinski definition) is 11. The molecule has 13 heteroatoms. The molecular formula is C22H22N8O4S. The Bertz CT molecular complexity index is 1350. The largest absolute Gasteiger partial charge is 0.493 e. The van der Waals surface area contributed by atoms with Crippen LogP contribution in [0.3, 0.4) is 0 Å². The van der Waals surface area contributed by atoms with E-state index in [0.29, 0.717) is 28.7 Å². The molecule has 0 saturated carbocycles. The summed E-state index contributed by atoms with van der Waals surface area (Å²) in [7, 11) is 3.10. The lowest BCUT2D eigenvalue weighted by Crippen LogP contribution is -2.21. The van der Waals surface area contributed by atoms with Gasteiger partial charge in [0, 0.05) is 16.2 Å². The number of carbonyl (C=O) groups excluding carboxylic acids is 1. The third-order valence-corrected chi connectivity index (χ3v) is 5.94. The third kappa shape index (κ3) is 5.24. The van der Waals surface area contributed by atoms with E-state index in [2.05, 4.69) is 35.8 Å². The second-order valence-corrected chi connectivity index (χ2v) is 8.13. The minimum Gasteiger partial charge on any atom is -0.493 e. The lowest BCUT2D eigenvalue weighted by Gasteiger charge is -2.09. The van der Waals surface area contributed by atoms with Crippen molar-refractivity contribution in [2.75, 3.05) is 20.0 Å². The van der Waals surface area contributed by atoms with Crippen molar-refractivity contribution in [2.24, 2.45) is 5.10 Å². The predicted molar refractivity (Wildman–Crippen MR) is 129 cm³/mol. The number of benzene rings is 2. The molecule has 4 aromatic rings. The van der Waals surface area contributed by atoms with Crippen molar-refractivity contribution in [1.29, 1.82) is 0 Å². The van der Waals surface area contributed by atoms with Crippen LogP contribution in [0.15, 0.2) is 63.2 Å². The summed E-state index contributed by atoms with van der Waals surface area (Å²) in [5, 5.41) is 19.7. The van der Waals surface area contributed by atoms with Gasteiger partial charge in [-0.2, -0.15) is 9.78 Å². The van der Waals surface area contributed by atoms with Gasteiger partial charge in [0.1, 0.15) is 0 Å². The van der Waals surface area contributed by atoms with Gasteiger partial charge in [-0.1, -0.05) is 23.4 Å². The van der Waals surface area contributed by atoms with Gasteiger partial charge in [0.15, 0.2) is 17.2 Å². The fourth-order valence-electron chi connectivity index (χ4n) is 3.10. The van der Waals surface area contributed by atoms with Crippen molar-refractivity contribution in [3.63, 3.8) is 0 Å². The van der Waals surface area contributed by atoms with E-state index in [9.17, 15) is 4.79 Å². The van der Waals surface area contributed by atoms with Gasteiger partial charge in [-0.3, -0.25) is 4.79 Å². The zero-order chi connectivity index (χ0) is 24.8. The van der Waals surface area contributed by atoms with E-state index in [1.54, 1.807) is 33.3 Å². The number of nitrogens with one attached hydrogen (secondary N) is 1. The molecule has 12 nitrogen and oxygen atoms in total. The van der Waals surface area contributed by atoms with Gasteiger partial charge in [0.2, 0.25) is 11.6 Å².